The Morgan fingerprint density at radius 3 is 2.74 bits per heavy atom. The predicted octanol–water partition coefficient (Wildman–Crippen LogP) is 4.36. The fourth-order valence-electron chi connectivity index (χ4n) is 2.86. The number of pyridine rings is 1. The molecule has 8 heteroatoms. The summed E-state index contributed by atoms with van der Waals surface area (Å²) in [6.45, 7) is 4.87. The molecule has 0 bridgehead atoms. The van der Waals surface area contributed by atoms with E-state index >= 15 is 0 Å². The number of aromatic amines is 1. The summed E-state index contributed by atoms with van der Waals surface area (Å²) < 4.78 is 5.58. The number of benzene rings is 1. The van der Waals surface area contributed by atoms with Crippen LogP contribution in [-0.4, -0.2) is 27.5 Å². The number of carbonyl (C=O) groups excluding carboxylic acids is 1. The average Bonchev–Trinajstić information content (AvgIpc) is 2.78. The van der Waals surface area contributed by atoms with Gasteiger partial charge in [0, 0.05) is 42.4 Å². The van der Waals surface area contributed by atoms with Crippen LogP contribution in [0, 0.1) is 0 Å². The first kappa shape index (κ1) is 22.5. The molecule has 1 amide bonds. The van der Waals surface area contributed by atoms with Crippen molar-refractivity contribution in [2.24, 2.45) is 0 Å². The van der Waals surface area contributed by atoms with Gasteiger partial charge in [-0.15, -0.1) is 0 Å². The molecule has 0 aliphatic carbocycles. The normalized spacial score (nSPS) is 10.7. The van der Waals surface area contributed by atoms with E-state index < -0.39 is 0 Å². The molecule has 3 aromatic rings. The summed E-state index contributed by atoms with van der Waals surface area (Å²) in [4.78, 5) is 35.5. The molecule has 0 fully saturated rings. The third kappa shape index (κ3) is 6.15. The van der Waals surface area contributed by atoms with Gasteiger partial charge in [-0.05, 0) is 30.2 Å². The van der Waals surface area contributed by atoms with E-state index in [-0.39, 0.29) is 11.5 Å². The molecular weight excluding hydrogens is 416 g/mol. The highest BCUT2D eigenvalue weighted by atomic mass is 35.5. The fraction of sp³-hybridized carbons (Fsp3) is 0.304. The van der Waals surface area contributed by atoms with E-state index in [0.717, 1.165) is 18.4 Å². The van der Waals surface area contributed by atoms with Crippen LogP contribution in [0.5, 0.6) is 5.88 Å². The Labute approximate surface area is 185 Å². The van der Waals surface area contributed by atoms with Crippen molar-refractivity contribution in [3.63, 3.8) is 0 Å². The number of amides is 1. The molecule has 0 aliphatic heterocycles. The number of hydrogen-bond acceptors (Lipinski definition) is 5. The van der Waals surface area contributed by atoms with Crippen LogP contribution in [-0.2, 0) is 11.3 Å². The lowest BCUT2D eigenvalue weighted by molar-refractivity contribution is -0.120. The number of ether oxygens (including phenoxy) is 1. The Kier molecular flexibility index (Phi) is 7.78. The predicted molar refractivity (Wildman–Crippen MR) is 121 cm³/mol. The second-order valence-electron chi connectivity index (χ2n) is 7.01. The molecule has 2 heterocycles. The molecule has 0 saturated carbocycles. The summed E-state index contributed by atoms with van der Waals surface area (Å²) >= 11 is 6.37. The quantitative estimate of drug-likeness (QED) is 0.482. The summed E-state index contributed by atoms with van der Waals surface area (Å²) in [5.41, 5.74) is 2.30. The molecule has 162 valence electrons. The number of carbonyl (C=O) groups is 1. The molecule has 31 heavy (non-hydrogen) atoms. The van der Waals surface area contributed by atoms with Gasteiger partial charge in [0.25, 0.3) is 5.56 Å². The maximum Gasteiger partial charge on any atom is 0.251 e. The third-order valence-electron chi connectivity index (χ3n) is 4.62. The van der Waals surface area contributed by atoms with Gasteiger partial charge in [-0.2, -0.15) is 0 Å². The highest BCUT2D eigenvalue weighted by molar-refractivity contribution is 6.33. The van der Waals surface area contributed by atoms with Crippen LogP contribution in [0.1, 0.15) is 38.7 Å². The minimum atomic E-state index is -0.302. The molecule has 7 nitrogen and oxygen atoms in total. The zero-order chi connectivity index (χ0) is 22.2. The zero-order valence-electron chi connectivity index (χ0n) is 17.6. The maximum atomic E-state index is 12.3. The van der Waals surface area contributed by atoms with E-state index in [4.69, 9.17) is 16.3 Å². The number of nitrogens with one attached hydrogen (secondary N) is 2. The second-order valence-corrected chi connectivity index (χ2v) is 7.42. The lowest BCUT2D eigenvalue weighted by Crippen LogP contribution is -2.21. The number of rotatable bonds is 9. The highest BCUT2D eigenvalue weighted by Crippen LogP contribution is 2.27. The van der Waals surface area contributed by atoms with E-state index in [9.17, 15) is 9.59 Å². The van der Waals surface area contributed by atoms with Crippen molar-refractivity contribution in [3.8, 4) is 28.5 Å². The Balaban J connectivity index is 1.87. The Bertz CT molecular complexity index is 1100. The van der Waals surface area contributed by atoms with Crippen LogP contribution < -0.4 is 15.6 Å². The fourth-order valence-corrected chi connectivity index (χ4v) is 3.07. The van der Waals surface area contributed by atoms with Gasteiger partial charge >= 0.3 is 0 Å². The van der Waals surface area contributed by atoms with Crippen LogP contribution in [0.2, 0.25) is 5.02 Å². The molecule has 1 aromatic carbocycles. The number of aromatic nitrogens is 3. The molecule has 2 aromatic heterocycles. The lowest BCUT2D eigenvalue weighted by atomic mass is 10.1. The first-order valence-corrected chi connectivity index (χ1v) is 10.6. The van der Waals surface area contributed by atoms with Crippen molar-refractivity contribution in [2.45, 2.75) is 39.7 Å². The maximum absolute atomic E-state index is 12.3. The monoisotopic (exact) mass is 440 g/mol. The first-order chi connectivity index (χ1) is 15.0. The summed E-state index contributed by atoms with van der Waals surface area (Å²) in [6.07, 6.45) is 4.05. The number of nitrogens with zero attached hydrogens (tertiary/aromatic N) is 2. The molecule has 2 N–H and O–H groups in total. The Morgan fingerprint density at radius 2 is 2.03 bits per heavy atom. The SMILES string of the molecule is CCCCOc1ccc(-c2cc(=O)[nH]c(-c3cc(CNC(=O)CC)ccc3Cl)n2)cn1. The summed E-state index contributed by atoms with van der Waals surface area (Å²) in [6, 6.07) is 10.3. The van der Waals surface area contributed by atoms with E-state index in [1.807, 2.05) is 18.2 Å². The second kappa shape index (κ2) is 10.7. The van der Waals surface area contributed by atoms with Gasteiger partial charge in [-0.25, -0.2) is 9.97 Å². The number of halogens is 1. The van der Waals surface area contributed by atoms with Crippen LogP contribution in [0.25, 0.3) is 22.6 Å². The summed E-state index contributed by atoms with van der Waals surface area (Å²) in [5, 5.41) is 3.27. The lowest BCUT2D eigenvalue weighted by Gasteiger charge is -2.10. The summed E-state index contributed by atoms with van der Waals surface area (Å²) in [7, 11) is 0. The van der Waals surface area contributed by atoms with Gasteiger partial charge in [0.15, 0.2) is 0 Å². The third-order valence-corrected chi connectivity index (χ3v) is 4.95. The van der Waals surface area contributed by atoms with Crippen molar-refractivity contribution in [1.29, 1.82) is 0 Å². The standard InChI is InChI=1S/C23H25ClN4O3/c1-3-5-10-31-22-9-7-16(14-26-22)19-12-21(30)28-23(27-19)17-11-15(6-8-18(17)24)13-25-20(29)4-2/h6-9,11-12,14H,3-5,10,13H2,1-2H3,(H,25,29)(H,27,28,30). The molecule has 0 spiro atoms. The Morgan fingerprint density at radius 1 is 1.19 bits per heavy atom. The van der Waals surface area contributed by atoms with Crippen LogP contribution in [0.4, 0.5) is 0 Å². The highest BCUT2D eigenvalue weighted by Gasteiger charge is 2.11. The molecular formula is C23H25ClN4O3. The topological polar surface area (TPSA) is 97.0 Å². The molecule has 0 saturated heterocycles. The van der Waals surface area contributed by atoms with Gasteiger partial charge in [0.2, 0.25) is 11.8 Å². The van der Waals surface area contributed by atoms with Crippen LogP contribution in [0.15, 0.2) is 47.4 Å². The molecule has 0 unspecified atom stereocenters. The van der Waals surface area contributed by atoms with Crippen molar-refractivity contribution in [1.82, 2.24) is 20.3 Å². The van der Waals surface area contributed by atoms with E-state index in [1.54, 1.807) is 25.3 Å². The van der Waals surface area contributed by atoms with Crippen molar-refractivity contribution >= 4 is 17.5 Å². The molecule has 3 rings (SSSR count). The van der Waals surface area contributed by atoms with Crippen molar-refractivity contribution in [3.05, 3.63) is 63.5 Å². The largest absolute Gasteiger partial charge is 0.478 e. The molecule has 0 aliphatic rings. The number of H-pyrrole nitrogens is 1. The van der Waals surface area contributed by atoms with E-state index in [2.05, 4.69) is 27.2 Å². The molecule has 0 radical (unpaired) electrons. The average molecular weight is 441 g/mol. The summed E-state index contributed by atoms with van der Waals surface area (Å²) in [5.74, 6) is 0.839. The van der Waals surface area contributed by atoms with Gasteiger partial charge < -0.3 is 15.0 Å². The van der Waals surface area contributed by atoms with Gasteiger partial charge in [0.05, 0.1) is 17.3 Å². The van der Waals surface area contributed by atoms with E-state index in [0.29, 0.717) is 53.1 Å². The van der Waals surface area contributed by atoms with E-state index in [1.165, 1.54) is 6.07 Å². The van der Waals surface area contributed by atoms with Gasteiger partial charge in [0.1, 0.15) is 5.82 Å². The first-order valence-electron chi connectivity index (χ1n) is 10.3. The van der Waals surface area contributed by atoms with Crippen molar-refractivity contribution in [2.75, 3.05) is 6.61 Å². The zero-order valence-corrected chi connectivity index (χ0v) is 18.3. The van der Waals surface area contributed by atoms with Gasteiger partial charge in [-0.1, -0.05) is 37.9 Å². The minimum Gasteiger partial charge on any atom is -0.478 e. The number of unbranched alkanes of at least 4 members (excludes halogenated alkanes) is 1. The van der Waals surface area contributed by atoms with Crippen LogP contribution in [0.3, 0.4) is 0 Å². The number of hydrogen-bond donors (Lipinski definition) is 2. The van der Waals surface area contributed by atoms with Crippen LogP contribution >= 0.6 is 11.6 Å². The Hall–Kier alpha value is -3.19. The van der Waals surface area contributed by atoms with Crippen molar-refractivity contribution < 1.29 is 9.53 Å². The molecule has 0 atom stereocenters. The smallest absolute Gasteiger partial charge is 0.251 e. The van der Waals surface area contributed by atoms with Gasteiger partial charge in [-0.3, -0.25) is 9.59 Å². The minimum absolute atomic E-state index is 0.0420.